The van der Waals surface area contributed by atoms with E-state index in [1.165, 1.54) is 6.07 Å². The second-order valence-corrected chi connectivity index (χ2v) is 24.2. The summed E-state index contributed by atoms with van der Waals surface area (Å²) in [6, 6.07) is 32.9. The van der Waals surface area contributed by atoms with Crippen LogP contribution in [0.25, 0.3) is 0 Å². The van der Waals surface area contributed by atoms with Gasteiger partial charge in [-0.15, -0.1) is 0 Å². The molecule has 0 spiro atoms. The highest BCUT2D eigenvalue weighted by Crippen LogP contribution is 2.54. The second kappa shape index (κ2) is 28.8. The predicted octanol–water partition coefficient (Wildman–Crippen LogP) is 12.3. The van der Waals surface area contributed by atoms with Crippen LogP contribution in [-0.2, 0) is 51.1 Å². The molecule has 0 bridgehead atoms. The average molecular weight is 1260 g/mol. The molecule has 2 atom stereocenters. The number of carbonyl (C=O) groups excluding carboxylic acids is 2. The molecule has 5 aromatic rings. The first-order chi connectivity index (χ1) is 41.4. The summed E-state index contributed by atoms with van der Waals surface area (Å²) in [4.78, 5) is 43.3. The van der Waals surface area contributed by atoms with Crippen LogP contribution in [0.4, 0.5) is 29.3 Å². The Kier molecular flexibility index (Phi) is 22.1. The number of piperazine rings is 1. The highest BCUT2D eigenvalue weighted by Gasteiger charge is 2.60. The van der Waals surface area contributed by atoms with Crippen molar-refractivity contribution in [1.29, 1.82) is 5.26 Å². The van der Waals surface area contributed by atoms with E-state index in [9.17, 15) is 23.2 Å². The van der Waals surface area contributed by atoms with Gasteiger partial charge in [-0.2, -0.15) is 18.4 Å². The summed E-state index contributed by atoms with van der Waals surface area (Å²) in [5.74, 6) is 1.21. The van der Waals surface area contributed by atoms with E-state index in [1.54, 1.807) is 49.1 Å². The lowest BCUT2D eigenvalue weighted by Crippen LogP contribution is -2.60. The number of amides is 3. The standard InChI is InChI=1S/C65H76Cl2F3N7O9S/c1-9-85-56-42-48(61(2,3)4)15-25-54(56)57-72-63(7,46-11-16-49(66)17-12-46)64(8,47-13-18-50(67)19-14-47)77(57)59(79)74-28-26-73(27-29-74)30-31-80-32-33-81-34-35-82-36-37-83-38-39-84-40-41-86-53-23-21-51(22-24-53)76-60(87)75(58(78)62(76,5)6)52-20-10-45(44-71)55(43-52)65(68,69)70/h10-25,42-43H,9,26-41H2,1-8H3/t63-,64?/m0/s1. The molecule has 0 N–H and O–H groups in total. The van der Waals surface area contributed by atoms with Gasteiger partial charge in [-0.25, -0.2) is 4.79 Å². The van der Waals surface area contributed by atoms with Crippen LogP contribution in [0, 0.1) is 11.3 Å². The fourth-order valence-electron chi connectivity index (χ4n) is 10.9. The summed E-state index contributed by atoms with van der Waals surface area (Å²) in [6.45, 7) is 23.7. The summed E-state index contributed by atoms with van der Waals surface area (Å²) in [5, 5.41) is 10.4. The number of amidine groups is 1. The fourth-order valence-corrected chi connectivity index (χ4v) is 11.6. The Morgan fingerprint density at radius 2 is 1.21 bits per heavy atom. The van der Waals surface area contributed by atoms with E-state index < -0.39 is 39.8 Å². The van der Waals surface area contributed by atoms with E-state index in [0.29, 0.717) is 138 Å². The molecule has 16 nitrogen and oxygen atoms in total. The molecule has 0 aliphatic carbocycles. The molecule has 0 aromatic heterocycles. The minimum absolute atomic E-state index is 0.000658. The van der Waals surface area contributed by atoms with Gasteiger partial charge in [0.15, 0.2) is 5.11 Å². The number of hydrogen-bond acceptors (Lipinski definition) is 13. The summed E-state index contributed by atoms with van der Waals surface area (Å²) in [5.41, 5.74) is -0.985. The van der Waals surface area contributed by atoms with Crippen molar-refractivity contribution in [1.82, 2.24) is 14.7 Å². The van der Waals surface area contributed by atoms with E-state index in [4.69, 9.17) is 73.6 Å². The maximum absolute atomic E-state index is 15.5. The van der Waals surface area contributed by atoms with E-state index >= 15 is 4.79 Å². The molecule has 2 saturated heterocycles. The van der Waals surface area contributed by atoms with Crippen LogP contribution < -0.4 is 19.3 Å². The van der Waals surface area contributed by atoms with Gasteiger partial charge in [0.05, 0.1) is 101 Å². The van der Waals surface area contributed by atoms with Gasteiger partial charge < -0.3 is 43.0 Å². The Morgan fingerprint density at radius 3 is 1.74 bits per heavy atom. The number of anilines is 2. The van der Waals surface area contributed by atoms with Gasteiger partial charge in [0.2, 0.25) is 0 Å². The maximum atomic E-state index is 15.5. The SMILES string of the molecule is CCOc1cc(C(C)(C)C)ccc1C1=N[C@@](C)(c2ccc(Cl)cc2)C(C)(c2ccc(Cl)cc2)N1C(=O)N1CCN(CCOCCOCCOCCOCCOCCOc2ccc(N3C(=S)N(c4ccc(C#N)c(C(F)(F)F)c4)C(=O)C3(C)C)cc2)CC1. The number of carbonyl (C=O) groups is 2. The summed E-state index contributed by atoms with van der Waals surface area (Å²) in [7, 11) is 0. The molecule has 466 valence electrons. The molecule has 3 heterocycles. The summed E-state index contributed by atoms with van der Waals surface area (Å²) in [6.07, 6.45) is -4.80. The van der Waals surface area contributed by atoms with Crippen LogP contribution >= 0.6 is 35.4 Å². The minimum atomic E-state index is -4.80. The molecule has 3 amide bonds. The van der Waals surface area contributed by atoms with Gasteiger partial charge in [-0.3, -0.25) is 24.5 Å². The number of urea groups is 1. The van der Waals surface area contributed by atoms with Gasteiger partial charge in [0.25, 0.3) is 5.91 Å². The topological polar surface area (TPSA) is 151 Å². The average Bonchev–Trinajstić information content (AvgIpc) is 1.59. The van der Waals surface area contributed by atoms with Crippen LogP contribution in [0.3, 0.4) is 0 Å². The number of rotatable bonds is 26. The molecule has 0 radical (unpaired) electrons. The lowest BCUT2D eigenvalue weighted by Gasteiger charge is -2.47. The zero-order valence-electron chi connectivity index (χ0n) is 50.5. The Hall–Kier alpha value is -6.38. The van der Waals surface area contributed by atoms with E-state index in [1.807, 2.05) is 71.3 Å². The lowest BCUT2D eigenvalue weighted by molar-refractivity contribution is -0.137. The molecule has 87 heavy (non-hydrogen) atoms. The van der Waals surface area contributed by atoms with E-state index in [-0.39, 0.29) is 28.9 Å². The monoisotopic (exact) mass is 1260 g/mol. The molecule has 3 aliphatic heterocycles. The fraction of sp³-hybridized carbons (Fsp3) is 0.462. The quantitative estimate of drug-likeness (QED) is 0.0382. The largest absolute Gasteiger partial charge is 0.493 e. The number of hydrogen-bond donors (Lipinski definition) is 0. The Balaban J connectivity index is 0.705. The van der Waals surface area contributed by atoms with Crippen molar-refractivity contribution in [2.75, 3.05) is 122 Å². The van der Waals surface area contributed by atoms with Gasteiger partial charge in [0.1, 0.15) is 40.6 Å². The third-order valence-corrected chi connectivity index (χ3v) is 16.8. The number of ether oxygens (including phenoxy) is 7. The molecular weight excluding hydrogens is 1180 g/mol. The summed E-state index contributed by atoms with van der Waals surface area (Å²) < 4.78 is 82.0. The first kappa shape index (κ1) is 66.6. The number of alkyl halides is 3. The normalized spacial score (nSPS) is 19.0. The molecule has 1 unspecified atom stereocenters. The Bertz CT molecular complexity index is 3270. The number of halogens is 5. The third-order valence-electron chi connectivity index (χ3n) is 16.0. The molecule has 5 aromatic carbocycles. The third kappa shape index (κ3) is 15.2. The van der Waals surface area contributed by atoms with Crippen molar-refractivity contribution in [2.24, 2.45) is 4.99 Å². The van der Waals surface area contributed by atoms with Gasteiger partial charge in [-0.1, -0.05) is 74.3 Å². The maximum Gasteiger partial charge on any atom is 0.417 e. The zero-order chi connectivity index (χ0) is 62.7. The van der Waals surface area contributed by atoms with Crippen LogP contribution in [0.2, 0.25) is 10.0 Å². The molecule has 8 rings (SSSR count). The number of benzene rings is 5. The predicted molar refractivity (Wildman–Crippen MR) is 335 cm³/mol. The van der Waals surface area contributed by atoms with Crippen molar-refractivity contribution in [3.05, 3.63) is 153 Å². The molecule has 3 aliphatic rings. The number of thiocarbonyl (C=S) groups is 1. The minimum Gasteiger partial charge on any atom is -0.493 e. The van der Waals surface area contributed by atoms with Gasteiger partial charge in [-0.05, 0) is 148 Å². The van der Waals surface area contributed by atoms with E-state index in [0.717, 1.165) is 39.3 Å². The Labute approximate surface area is 523 Å². The molecule has 2 fully saturated rings. The van der Waals surface area contributed by atoms with Crippen LogP contribution in [-0.4, -0.2) is 155 Å². The van der Waals surface area contributed by atoms with Gasteiger partial charge in [0, 0.05) is 48.5 Å². The van der Waals surface area contributed by atoms with Crippen molar-refractivity contribution in [2.45, 2.75) is 83.6 Å². The Morgan fingerprint density at radius 1 is 0.678 bits per heavy atom. The van der Waals surface area contributed by atoms with Crippen LogP contribution in [0.15, 0.2) is 114 Å². The first-order valence-corrected chi connectivity index (χ1v) is 30.2. The van der Waals surface area contributed by atoms with Crippen molar-refractivity contribution in [3.8, 4) is 17.6 Å². The first-order valence-electron chi connectivity index (χ1n) is 29.1. The zero-order valence-corrected chi connectivity index (χ0v) is 52.8. The molecular formula is C65H76Cl2F3N7O9S. The van der Waals surface area contributed by atoms with Crippen LogP contribution in [0.5, 0.6) is 11.5 Å². The number of nitriles is 1. The van der Waals surface area contributed by atoms with Crippen LogP contribution in [0.1, 0.15) is 88.8 Å². The number of aliphatic imine (C=N–C) groups is 1. The summed E-state index contributed by atoms with van der Waals surface area (Å²) >= 11 is 18.6. The van der Waals surface area contributed by atoms with Gasteiger partial charge >= 0.3 is 12.2 Å². The molecule has 22 heteroatoms. The van der Waals surface area contributed by atoms with E-state index in [2.05, 4.69) is 51.7 Å². The smallest absolute Gasteiger partial charge is 0.417 e. The molecule has 0 saturated carbocycles. The van der Waals surface area contributed by atoms with Crippen molar-refractivity contribution in [3.63, 3.8) is 0 Å². The highest BCUT2D eigenvalue weighted by atomic mass is 35.5. The second-order valence-electron chi connectivity index (χ2n) is 23.0. The van der Waals surface area contributed by atoms with Crippen molar-refractivity contribution >= 4 is 69.7 Å². The lowest BCUT2D eigenvalue weighted by atomic mass is 9.71. The highest BCUT2D eigenvalue weighted by molar-refractivity contribution is 7.81. The van der Waals surface area contributed by atoms with Crippen molar-refractivity contribution < 1.29 is 55.9 Å². The number of nitrogens with zero attached hydrogens (tertiary/aromatic N) is 7.